The molecular formula is C17H12O5. The van der Waals surface area contributed by atoms with E-state index in [0.717, 1.165) is 0 Å². The van der Waals surface area contributed by atoms with Crippen LogP contribution in [0.3, 0.4) is 0 Å². The van der Waals surface area contributed by atoms with Gasteiger partial charge in [0.05, 0.1) is 0 Å². The summed E-state index contributed by atoms with van der Waals surface area (Å²) in [6.45, 7) is 3.58. The maximum atomic E-state index is 11.5. The Morgan fingerprint density at radius 2 is 2.00 bits per heavy atom. The Bertz CT molecular complexity index is 922. The highest BCUT2D eigenvalue weighted by atomic mass is 16.4. The van der Waals surface area contributed by atoms with Crippen LogP contribution in [-0.2, 0) is 4.79 Å². The first-order chi connectivity index (χ1) is 10.5. The van der Waals surface area contributed by atoms with Gasteiger partial charge in [0.15, 0.2) is 5.43 Å². The van der Waals surface area contributed by atoms with Crippen LogP contribution < -0.4 is 5.43 Å². The van der Waals surface area contributed by atoms with Crippen LogP contribution in [0.4, 0.5) is 0 Å². The van der Waals surface area contributed by atoms with Crippen LogP contribution in [0.5, 0.6) is 5.75 Å². The molecule has 0 fully saturated rings. The third-order valence-electron chi connectivity index (χ3n) is 3.53. The molecule has 2 N–H and O–H groups in total. The summed E-state index contributed by atoms with van der Waals surface area (Å²) in [4.78, 5) is 23.1. The van der Waals surface area contributed by atoms with Crippen molar-refractivity contribution in [2.45, 2.75) is 5.92 Å². The van der Waals surface area contributed by atoms with Gasteiger partial charge in [-0.15, -0.1) is 6.58 Å². The van der Waals surface area contributed by atoms with Gasteiger partial charge in [-0.3, -0.25) is 9.59 Å². The second-order valence-electron chi connectivity index (χ2n) is 4.91. The van der Waals surface area contributed by atoms with Gasteiger partial charge >= 0.3 is 5.97 Å². The predicted molar refractivity (Wildman–Crippen MR) is 81.3 cm³/mol. The fourth-order valence-electron chi connectivity index (χ4n) is 2.57. The Hall–Kier alpha value is -3.08. The molecule has 1 atom stereocenters. The lowest BCUT2D eigenvalue weighted by atomic mass is 9.89. The molecular weight excluding hydrogens is 284 g/mol. The summed E-state index contributed by atoms with van der Waals surface area (Å²) in [5.41, 5.74) is 1.08. The van der Waals surface area contributed by atoms with Gasteiger partial charge in [-0.05, 0) is 29.8 Å². The zero-order chi connectivity index (χ0) is 15.9. The van der Waals surface area contributed by atoms with E-state index in [1.54, 1.807) is 12.1 Å². The van der Waals surface area contributed by atoms with Crippen molar-refractivity contribution in [2.24, 2.45) is 0 Å². The van der Waals surface area contributed by atoms with Crippen molar-refractivity contribution >= 4 is 16.9 Å². The summed E-state index contributed by atoms with van der Waals surface area (Å²) in [5.74, 6) is -1.74. The third-order valence-corrected chi connectivity index (χ3v) is 3.53. The summed E-state index contributed by atoms with van der Waals surface area (Å²) in [6.07, 6.45) is 1.33. The number of hydrogen-bond acceptors (Lipinski definition) is 4. The lowest BCUT2D eigenvalue weighted by molar-refractivity contribution is -0.137. The average molecular weight is 296 g/mol. The van der Waals surface area contributed by atoms with E-state index >= 15 is 0 Å². The molecule has 0 spiro atoms. The van der Waals surface area contributed by atoms with E-state index < -0.39 is 11.9 Å². The van der Waals surface area contributed by atoms with Crippen LogP contribution in [0, 0.1) is 0 Å². The molecule has 110 valence electrons. The molecule has 0 bridgehead atoms. The number of benzene rings is 2. The summed E-state index contributed by atoms with van der Waals surface area (Å²) in [6, 6.07) is 8.63. The van der Waals surface area contributed by atoms with Gasteiger partial charge in [0, 0.05) is 23.1 Å². The van der Waals surface area contributed by atoms with Crippen molar-refractivity contribution in [1.82, 2.24) is 0 Å². The molecule has 0 radical (unpaired) electrons. The van der Waals surface area contributed by atoms with Crippen molar-refractivity contribution in [1.29, 1.82) is 0 Å². The molecule has 22 heavy (non-hydrogen) atoms. The van der Waals surface area contributed by atoms with Gasteiger partial charge in [0.25, 0.3) is 0 Å². The van der Waals surface area contributed by atoms with E-state index in [4.69, 9.17) is 4.42 Å². The van der Waals surface area contributed by atoms with Gasteiger partial charge in [-0.2, -0.15) is 0 Å². The Balaban J connectivity index is 2.51. The number of fused-ring (bicyclic) bond motifs is 2. The van der Waals surface area contributed by atoms with Crippen LogP contribution in [0.2, 0.25) is 0 Å². The first kappa shape index (κ1) is 13.9. The van der Waals surface area contributed by atoms with E-state index in [1.165, 1.54) is 30.3 Å². The normalized spacial score (nSPS) is 12.4. The molecule has 1 aromatic rings. The number of aromatic hydroxyl groups is 1. The van der Waals surface area contributed by atoms with Gasteiger partial charge < -0.3 is 14.6 Å². The molecule has 1 aromatic carbocycles. The van der Waals surface area contributed by atoms with Gasteiger partial charge in [0.2, 0.25) is 0 Å². The van der Waals surface area contributed by atoms with Crippen LogP contribution in [0.25, 0.3) is 22.3 Å². The van der Waals surface area contributed by atoms with E-state index in [-0.39, 0.29) is 16.9 Å². The van der Waals surface area contributed by atoms with Crippen LogP contribution in [-0.4, -0.2) is 16.2 Å². The minimum absolute atomic E-state index is 0.00898. The topological polar surface area (TPSA) is 87.7 Å². The lowest BCUT2D eigenvalue weighted by Gasteiger charge is -2.17. The maximum Gasteiger partial charge on any atom is 0.314 e. The number of phenolic OH excluding ortho intramolecular Hbond substituents is 1. The molecule has 2 aliphatic rings. The molecule has 1 unspecified atom stereocenters. The zero-order valence-electron chi connectivity index (χ0n) is 11.4. The smallest absolute Gasteiger partial charge is 0.314 e. The van der Waals surface area contributed by atoms with Gasteiger partial charge in [-0.25, -0.2) is 0 Å². The summed E-state index contributed by atoms with van der Waals surface area (Å²) in [5, 5.41) is 19.6. The second-order valence-corrected chi connectivity index (χ2v) is 4.91. The van der Waals surface area contributed by atoms with Gasteiger partial charge in [-0.1, -0.05) is 6.08 Å². The van der Waals surface area contributed by atoms with Crippen LogP contribution in [0.1, 0.15) is 11.5 Å². The standard InChI is InChI=1S/C17H12O5/c1-2-11(17(20)21)16-12-5-3-9(18)7-14(12)22-15-8-10(19)4-6-13(15)16/h2-8,11,18H,1H2,(H,20,21). The highest BCUT2D eigenvalue weighted by Gasteiger charge is 2.25. The molecule has 1 aliphatic carbocycles. The Morgan fingerprint density at radius 3 is 2.68 bits per heavy atom. The van der Waals surface area contributed by atoms with E-state index in [0.29, 0.717) is 22.1 Å². The number of phenols is 1. The Kier molecular flexibility index (Phi) is 3.18. The average Bonchev–Trinajstić information content (AvgIpc) is 2.46. The monoisotopic (exact) mass is 296 g/mol. The Labute approximate surface area is 125 Å². The van der Waals surface area contributed by atoms with E-state index in [2.05, 4.69) is 6.58 Å². The van der Waals surface area contributed by atoms with Crippen molar-refractivity contribution in [3.63, 3.8) is 0 Å². The minimum atomic E-state index is -1.05. The number of hydrogen-bond donors (Lipinski definition) is 2. The highest BCUT2D eigenvalue weighted by molar-refractivity contribution is 5.95. The quantitative estimate of drug-likeness (QED) is 0.573. The second kappa shape index (κ2) is 5.04. The fraction of sp³-hybridized carbons (Fsp3) is 0.0588. The number of aliphatic carboxylic acids is 1. The molecule has 0 saturated heterocycles. The summed E-state index contributed by atoms with van der Waals surface area (Å²) < 4.78 is 5.64. The molecule has 3 rings (SSSR count). The number of carbonyl (C=O) groups is 1. The molecule has 0 aromatic heterocycles. The molecule has 1 aliphatic heterocycles. The Morgan fingerprint density at radius 1 is 1.23 bits per heavy atom. The predicted octanol–water partition coefficient (Wildman–Crippen LogP) is 2.96. The molecule has 0 amide bonds. The SMILES string of the molecule is C=CC(C(=O)O)c1c2ccc(=O)cc-2oc2cc(O)ccc12. The largest absolute Gasteiger partial charge is 0.508 e. The molecule has 5 heteroatoms. The van der Waals surface area contributed by atoms with Crippen LogP contribution >= 0.6 is 0 Å². The van der Waals surface area contributed by atoms with Crippen molar-refractivity contribution in [3.05, 3.63) is 64.8 Å². The number of rotatable bonds is 3. The maximum absolute atomic E-state index is 11.5. The van der Waals surface area contributed by atoms with Crippen LogP contribution in [0.15, 0.2) is 58.3 Å². The van der Waals surface area contributed by atoms with Crippen molar-refractivity contribution in [3.8, 4) is 17.1 Å². The first-order valence-corrected chi connectivity index (χ1v) is 6.56. The third kappa shape index (κ3) is 2.13. The molecule has 5 nitrogen and oxygen atoms in total. The molecule has 1 heterocycles. The first-order valence-electron chi connectivity index (χ1n) is 6.56. The van der Waals surface area contributed by atoms with E-state index in [1.807, 2.05) is 0 Å². The van der Waals surface area contributed by atoms with Crippen molar-refractivity contribution < 1.29 is 19.4 Å². The summed E-state index contributed by atoms with van der Waals surface area (Å²) >= 11 is 0. The summed E-state index contributed by atoms with van der Waals surface area (Å²) in [7, 11) is 0. The lowest BCUT2D eigenvalue weighted by Crippen LogP contribution is -2.12. The number of carboxylic acids is 1. The van der Waals surface area contributed by atoms with Gasteiger partial charge in [0.1, 0.15) is 23.0 Å². The highest BCUT2D eigenvalue weighted by Crippen LogP contribution is 2.38. The van der Waals surface area contributed by atoms with E-state index in [9.17, 15) is 19.8 Å². The fourth-order valence-corrected chi connectivity index (χ4v) is 2.57. The molecule has 0 saturated carbocycles. The number of carboxylic acid groups (broad SMARTS) is 1. The zero-order valence-corrected chi connectivity index (χ0v) is 11.4. The van der Waals surface area contributed by atoms with Crippen molar-refractivity contribution in [2.75, 3.05) is 0 Å². The minimum Gasteiger partial charge on any atom is -0.508 e.